The van der Waals surface area contributed by atoms with Gasteiger partial charge in [0.2, 0.25) is 0 Å². The molecule has 84 valence electrons. The van der Waals surface area contributed by atoms with Crippen molar-refractivity contribution in [3.05, 3.63) is 0 Å². The fraction of sp³-hybridized carbons (Fsp3) is 1.00. The first-order valence-electron chi connectivity index (χ1n) is 6.49. The summed E-state index contributed by atoms with van der Waals surface area (Å²) < 4.78 is 0. The van der Waals surface area contributed by atoms with Crippen LogP contribution in [-0.2, 0) is 0 Å². The minimum Gasteiger partial charge on any atom is -0.316 e. The Morgan fingerprint density at radius 3 is 2.29 bits per heavy atom. The zero-order valence-corrected chi connectivity index (χ0v) is 10.0. The zero-order valence-electron chi connectivity index (χ0n) is 10.0. The largest absolute Gasteiger partial charge is 0.316 e. The summed E-state index contributed by atoms with van der Waals surface area (Å²) in [4.78, 5) is 0. The third kappa shape index (κ3) is 5.64. The first-order valence-corrected chi connectivity index (χ1v) is 6.49. The van der Waals surface area contributed by atoms with E-state index in [0.29, 0.717) is 0 Å². The standard InChI is InChI=1S/C13H27N/c1-12(2)11-14-10-9-13-7-5-3-4-6-8-13/h12-14H,3-11H2,1-2H3. The number of rotatable bonds is 5. The van der Waals surface area contributed by atoms with E-state index in [9.17, 15) is 0 Å². The number of nitrogens with one attached hydrogen (secondary N) is 1. The van der Waals surface area contributed by atoms with E-state index in [2.05, 4.69) is 19.2 Å². The minimum atomic E-state index is 0.795. The van der Waals surface area contributed by atoms with E-state index >= 15 is 0 Å². The van der Waals surface area contributed by atoms with Crippen LogP contribution in [0.5, 0.6) is 0 Å². The summed E-state index contributed by atoms with van der Waals surface area (Å²) in [6, 6.07) is 0. The van der Waals surface area contributed by atoms with Crippen LogP contribution in [0.3, 0.4) is 0 Å². The molecule has 0 aliphatic heterocycles. The van der Waals surface area contributed by atoms with Crippen LogP contribution in [0.1, 0.15) is 58.8 Å². The Labute approximate surface area is 89.7 Å². The summed E-state index contributed by atoms with van der Waals surface area (Å²) in [5.41, 5.74) is 0. The second kappa shape index (κ2) is 7.28. The maximum Gasteiger partial charge on any atom is -0.00258 e. The summed E-state index contributed by atoms with van der Waals surface area (Å²) in [6.07, 6.45) is 10.3. The van der Waals surface area contributed by atoms with Gasteiger partial charge < -0.3 is 5.32 Å². The first-order chi connectivity index (χ1) is 6.79. The highest BCUT2D eigenvalue weighted by molar-refractivity contribution is 4.66. The molecular weight excluding hydrogens is 170 g/mol. The molecule has 0 unspecified atom stereocenters. The summed E-state index contributed by atoms with van der Waals surface area (Å²) in [5, 5.41) is 3.55. The van der Waals surface area contributed by atoms with Gasteiger partial charge >= 0.3 is 0 Å². The van der Waals surface area contributed by atoms with Crippen LogP contribution in [0.4, 0.5) is 0 Å². The Kier molecular flexibility index (Phi) is 6.25. The molecule has 0 heterocycles. The molecule has 1 fully saturated rings. The molecule has 1 saturated carbocycles. The molecule has 0 atom stereocenters. The fourth-order valence-corrected chi connectivity index (χ4v) is 2.35. The highest BCUT2D eigenvalue weighted by Gasteiger charge is 2.11. The number of hydrogen-bond donors (Lipinski definition) is 1. The Bertz CT molecular complexity index is 123. The van der Waals surface area contributed by atoms with Gasteiger partial charge in [-0.2, -0.15) is 0 Å². The minimum absolute atomic E-state index is 0.795. The average molecular weight is 197 g/mol. The molecule has 0 aromatic heterocycles. The van der Waals surface area contributed by atoms with Crippen molar-refractivity contribution < 1.29 is 0 Å². The van der Waals surface area contributed by atoms with Crippen molar-refractivity contribution in [3.63, 3.8) is 0 Å². The molecule has 0 aromatic carbocycles. The van der Waals surface area contributed by atoms with Gasteiger partial charge in [0.05, 0.1) is 0 Å². The maximum atomic E-state index is 3.55. The summed E-state index contributed by atoms with van der Waals surface area (Å²) >= 11 is 0. The Hall–Kier alpha value is -0.0400. The normalized spacial score (nSPS) is 19.9. The van der Waals surface area contributed by atoms with E-state index in [1.807, 2.05) is 0 Å². The highest BCUT2D eigenvalue weighted by atomic mass is 14.8. The quantitative estimate of drug-likeness (QED) is 0.524. The van der Waals surface area contributed by atoms with E-state index in [1.165, 1.54) is 58.0 Å². The molecule has 0 bridgehead atoms. The van der Waals surface area contributed by atoms with Gasteiger partial charge in [-0.3, -0.25) is 0 Å². The van der Waals surface area contributed by atoms with Crippen molar-refractivity contribution in [2.24, 2.45) is 11.8 Å². The molecule has 1 aliphatic rings. The van der Waals surface area contributed by atoms with Crippen molar-refractivity contribution in [2.75, 3.05) is 13.1 Å². The number of hydrogen-bond acceptors (Lipinski definition) is 1. The Morgan fingerprint density at radius 1 is 1.07 bits per heavy atom. The summed E-state index contributed by atoms with van der Waals surface area (Å²) in [7, 11) is 0. The molecule has 1 aliphatic carbocycles. The van der Waals surface area contributed by atoms with Crippen molar-refractivity contribution in [2.45, 2.75) is 58.8 Å². The van der Waals surface area contributed by atoms with Crippen molar-refractivity contribution in [1.82, 2.24) is 5.32 Å². The molecular formula is C13H27N. The first kappa shape index (κ1) is 12.0. The molecule has 0 radical (unpaired) electrons. The lowest BCUT2D eigenvalue weighted by molar-refractivity contribution is 0.407. The summed E-state index contributed by atoms with van der Waals surface area (Å²) in [6.45, 7) is 6.98. The molecule has 0 saturated heterocycles. The van der Waals surface area contributed by atoms with Gasteiger partial charge in [-0.05, 0) is 31.3 Å². The zero-order chi connectivity index (χ0) is 10.2. The lowest BCUT2D eigenvalue weighted by Gasteiger charge is -2.14. The van der Waals surface area contributed by atoms with Crippen LogP contribution in [0, 0.1) is 11.8 Å². The molecule has 14 heavy (non-hydrogen) atoms. The fourth-order valence-electron chi connectivity index (χ4n) is 2.35. The lowest BCUT2D eigenvalue weighted by Crippen LogP contribution is -2.22. The molecule has 1 heteroatoms. The molecule has 0 amide bonds. The van der Waals surface area contributed by atoms with Crippen LogP contribution in [0.25, 0.3) is 0 Å². The molecule has 1 N–H and O–H groups in total. The van der Waals surface area contributed by atoms with Gasteiger partial charge in [0.15, 0.2) is 0 Å². The van der Waals surface area contributed by atoms with E-state index in [-0.39, 0.29) is 0 Å². The van der Waals surface area contributed by atoms with Gasteiger partial charge in [-0.15, -0.1) is 0 Å². The van der Waals surface area contributed by atoms with Gasteiger partial charge in [-0.25, -0.2) is 0 Å². The van der Waals surface area contributed by atoms with Crippen LogP contribution in [0.2, 0.25) is 0 Å². The van der Waals surface area contributed by atoms with Gasteiger partial charge in [0.1, 0.15) is 0 Å². The van der Waals surface area contributed by atoms with Crippen molar-refractivity contribution >= 4 is 0 Å². The van der Waals surface area contributed by atoms with Crippen LogP contribution < -0.4 is 5.32 Å². The third-order valence-electron chi connectivity index (χ3n) is 3.26. The molecule has 0 spiro atoms. The van der Waals surface area contributed by atoms with E-state index < -0.39 is 0 Å². The van der Waals surface area contributed by atoms with E-state index in [1.54, 1.807) is 0 Å². The Morgan fingerprint density at radius 2 is 1.71 bits per heavy atom. The van der Waals surface area contributed by atoms with E-state index in [4.69, 9.17) is 0 Å². The molecule has 1 rings (SSSR count). The predicted octanol–water partition coefficient (Wildman–Crippen LogP) is 3.59. The van der Waals surface area contributed by atoms with E-state index in [0.717, 1.165) is 11.8 Å². The topological polar surface area (TPSA) is 12.0 Å². The smallest absolute Gasteiger partial charge is 0.00258 e. The lowest BCUT2D eigenvalue weighted by atomic mass is 9.97. The van der Waals surface area contributed by atoms with Gasteiger partial charge in [-0.1, -0.05) is 52.4 Å². The van der Waals surface area contributed by atoms with Crippen LogP contribution in [-0.4, -0.2) is 13.1 Å². The summed E-state index contributed by atoms with van der Waals surface area (Å²) in [5.74, 6) is 1.82. The second-order valence-electron chi connectivity index (χ2n) is 5.24. The SMILES string of the molecule is CC(C)CNCCC1CCCCCC1. The highest BCUT2D eigenvalue weighted by Crippen LogP contribution is 2.24. The van der Waals surface area contributed by atoms with Gasteiger partial charge in [0, 0.05) is 0 Å². The molecule has 0 aromatic rings. The monoisotopic (exact) mass is 197 g/mol. The van der Waals surface area contributed by atoms with Gasteiger partial charge in [0.25, 0.3) is 0 Å². The van der Waals surface area contributed by atoms with Crippen LogP contribution >= 0.6 is 0 Å². The maximum absolute atomic E-state index is 3.55. The van der Waals surface area contributed by atoms with Crippen LogP contribution in [0.15, 0.2) is 0 Å². The van der Waals surface area contributed by atoms with Crippen molar-refractivity contribution in [1.29, 1.82) is 0 Å². The van der Waals surface area contributed by atoms with Crippen molar-refractivity contribution in [3.8, 4) is 0 Å². The Balaban J connectivity index is 1.99. The third-order valence-corrected chi connectivity index (χ3v) is 3.26. The second-order valence-corrected chi connectivity index (χ2v) is 5.24. The molecule has 1 nitrogen and oxygen atoms in total. The average Bonchev–Trinajstić information content (AvgIpc) is 2.40. The predicted molar refractivity (Wildman–Crippen MR) is 63.5 cm³/mol.